The summed E-state index contributed by atoms with van der Waals surface area (Å²) in [6.45, 7) is 4.12. The predicted molar refractivity (Wildman–Crippen MR) is 69.7 cm³/mol. The maximum atomic E-state index is 5.60. The summed E-state index contributed by atoms with van der Waals surface area (Å²) in [5.74, 6) is 5.60. The second kappa shape index (κ2) is 5.05. The van der Waals surface area contributed by atoms with Crippen LogP contribution in [0.5, 0.6) is 0 Å². The topological polar surface area (TPSA) is 50.9 Å². The minimum Gasteiger partial charge on any atom is -0.271 e. The lowest BCUT2D eigenvalue weighted by Crippen LogP contribution is -2.29. The molecule has 0 aliphatic heterocycles. The number of hydrogen-bond acceptors (Lipinski definition) is 5. The summed E-state index contributed by atoms with van der Waals surface area (Å²) in [5, 5.41) is 5.35. The van der Waals surface area contributed by atoms with E-state index in [-0.39, 0.29) is 6.04 Å². The Hall–Kier alpha value is -0.750. The zero-order valence-electron chi connectivity index (χ0n) is 9.36. The van der Waals surface area contributed by atoms with Gasteiger partial charge in [-0.05, 0) is 30.9 Å². The van der Waals surface area contributed by atoms with Crippen LogP contribution in [0.15, 0.2) is 16.8 Å². The number of hydrogen-bond donors (Lipinski definition) is 2. The van der Waals surface area contributed by atoms with Gasteiger partial charge < -0.3 is 0 Å². The Balaban J connectivity index is 2.12. The second-order valence-corrected chi connectivity index (χ2v) is 5.85. The van der Waals surface area contributed by atoms with Gasteiger partial charge in [0.2, 0.25) is 0 Å². The Kier molecular flexibility index (Phi) is 3.70. The Morgan fingerprint density at radius 2 is 2.19 bits per heavy atom. The van der Waals surface area contributed by atoms with Crippen LogP contribution in [-0.2, 0) is 6.42 Å². The van der Waals surface area contributed by atoms with Gasteiger partial charge >= 0.3 is 0 Å². The molecule has 0 spiro atoms. The number of nitrogens with one attached hydrogen (secondary N) is 1. The highest BCUT2D eigenvalue weighted by atomic mass is 32.1. The molecule has 86 valence electrons. The third kappa shape index (κ3) is 2.68. The normalized spacial score (nSPS) is 12.9. The first-order valence-corrected chi connectivity index (χ1v) is 6.87. The van der Waals surface area contributed by atoms with Crippen molar-refractivity contribution in [1.82, 2.24) is 10.4 Å². The molecule has 0 aromatic carbocycles. The number of nitrogens with zero attached hydrogens (tertiary/aromatic N) is 1. The molecule has 0 aliphatic rings. The summed E-state index contributed by atoms with van der Waals surface area (Å²) in [7, 11) is 0. The van der Waals surface area contributed by atoms with E-state index < -0.39 is 0 Å². The zero-order valence-corrected chi connectivity index (χ0v) is 11.0. The SMILES string of the molecule is Cc1csc(CC(NN)c2csc(C)c2)n1. The first-order chi connectivity index (χ1) is 7.69. The van der Waals surface area contributed by atoms with Gasteiger partial charge in [-0.3, -0.25) is 11.3 Å². The summed E-state index contributed by atoms with van der Waals surface area (Å²) >= 11 is 3.44. The van der Waals surface area contributed by atoms with Crippen molar-refractivity contribution in [3.8, 4) is 0 Å². The van der Waals surface area contributed by atoms with Gasteiger partial charge in [0, 0.05) is 22.4 Å². The third-order valence-corrected chi connectivity index (χ3v) is 4.27. The van der Waals surface area contributed by atoms with E-state index in [0.717, 1.165) is 17.1 Å². The van der Waals surface area contributed by atoms with Gasteiger partial charge in [0.25, 0.3) is 0 Å². The Morgan fingerprint density at radius 3 is 2.69 bits per heavy atom. The van der Waals surface area contributed by atoms with E-state index in [9.17, 15) is 0 Å². The fourth-order valence-corrected chi connectivity index (χ4v) is 3.17. The molecule has 5 heteroatoms. The van der Waals surface area contributed by atoms with Gasteiger partial charge in [0.15, 0.2) is 0 Å². The summed E-state index contributed by atoms with van der Waals surface area (Å²) in [5.41, 5.74) is 5.19. The van der Waals surface area contributed by atoms with Gasteiger partial charge in [0.05, 0.1) is 11.0 Å². The van der Waals surface area contributed by atoms with Crippen molar-refractivity contribution in [3.05, 3.63) is 38.0 Å². The third-order valence-electron chi connectivity index (χ3n) is 2.40. The van der Waals surface area contributed by atoms with E-state index in [1.807, 2.05) is 6.92 Å². The number of aryl methyl sites for hydroxylation is 2. The molecule has 2 aromatic heterocycles. The first kappa shape index (κ1) is 11.7. The molecule has 0 radical (unpaired) electrons. The molecule has 3 N–H and O–H groups in total. The number of thiophene rings is 1. The molecule has 0 aliphatic carbocycles. The van der Waals surface area contributed by atoms with E-state index in [0.29, 0.717) is 0 Å². The van der Waals surface area contributed by atoms with E-state index >= 15 is 0 Å². The number of thiazole rings is 1. The maximum Gasteiger partial charge on any atom is 0.0947 e. The molecular weight excluding hydrogens is 238 g/mol. The average Bonchev–Trinajstić information content (AvgIpc) is 2.84. The highest BCUT2D eigenvalue weighted by Crippen LogP contribution is 2.24. The average molecular weight is 253 g/mol. The van der Waals surface area contributed by atoms with Gasteiger partial charge in [-0.15, -0.1) is 22.7 Å². The molecule has 0 saturated heterocycles. The first-order valence-electron chi connectivity index (χ1n) is 5.11. The van der Waals surface area contributed by atoms with Gasteiger partial charge in [0.1, 0.15) is 0 Å². The number of rotatable bonds is 4. The predicted octanol–water partition coefficient (Wildman–Crippen LogP) is 2.57. The lowest BCUT2D eigenvalue weighted by Gasteiger charge is -2.12. The number of hydrazine groups is 1. The summed E-state index contributed by atoms with van der Waals surface area (Å²) < 4.78 is 0. The van der Waals surface area contributed by atoms with Crippen molar-refractivity contribution >= 4 is 22.7 Å². The van der Waals surface area contributed by atoms with Crippen molar-refractivity contribution in [3.63, 3.8) is 0 Å². The minimum absolute atomic E-state index is 0.162. The summed E-state index contributed by atoms with van der Waals surface area (Å²) in [6.07, 6.45) is 0.852. The molecule has 0 amide bonds. The largest absolute Gasteiger partial charge is 0.271 e. The lowest BCUT2D eigenvalue weighted by molar-refractivity contribution is 0.552. The molecule has 2 heterocycles. The highest BCUT2D eigenvalue weighted by Gasteiger charge is 2.13. The monoisotopic (exact) mass is 253 g/mol. The molecule has 1 atom stereocenters. The fourth-order valence-electron chi connectivity index (χ4n) is 1.59. The molecular formula is C11H15N3S2. The van der Waals surface area contributed by atoms with Crippen LogP contribution in [0.1, 0.15) is 27.2 Å². The van der Waals surface area contributed by atoms with Crippen molar-refractivity contribution in [2.75, 3.05) is 0 Å². The maximum absolute atomic E-state index is 5.60. The summed E-state index contributed by atoms with van der Waals surface area (Å²) in [6, 6.07) is 2.34. The van der Waals surface area contributed by atoms with E-state index in [1.165, 1.54) is 10.4 Å². The lowest BCUT2D eigenvalue weighted by atomic mass is 10.1. The van der Waals surface area contributed by atoms with Crippen LogP contribution in [0, 0.1) is 13.8 Å². The van der Waals surface area contributed by atoms with Crippen LogP contribution in [-0.4, -0.2) is 4.98 Å². The smallest absolute Gasteiger partial charge is 0.0947 e. The van der Waals surface area contributed by atoms with Gasteiger partial charge in [-0.2, -0.15) is 0 Å². The van der Waals surface area contributed by atoms with Gasteiger partial charge in [-0.1, -0.05) is 0 Å². The standard InChI is InChI=1S/C11H15N3S2/c1-7-5-16-11(13-7)4-10(14-12)9-3-8(2)15-6-9/h3,5-6,10,14H,4,12H2,1-2H3. The Labute approximate surface area is 103 Å². The van der Waals surface area contributed by atoms with Crippen LogP contribution in [0.4, 0.5) is 0 Å². The quantitative estimate of drug-likeness (QED) is 0.650. The molecule has 0 fully saturated rings. The second-order valence-electron chi connectivity index (χ2n) is 3.80. The molecule has 16 heavy (non-hydrogen) atoms. The minimum atomic E-state index is 0.162. The van der Waals surface area contributed by atoms with E-state index in [1.54, 1.807) is 22.7 Å². The number of aromatic nitrogens is 1. The molecule has 0 saturated carbocycles. The van der Waals surface area contributed by atoms with Crippen LogP contribution >= 0.6 is 22.7 Å². The molecule has 2 rings (SSSR count). The number of nitrogens with two attached hydrogens (primary N) is 1. The zero-order chi connectivity index (χ0) is 11.5. The molecule has 3 nitrogen and oxygen atoms in total. The fraction of sp³-hybridized carbons (Fsp3) is 0.364. The summed E-state index contributed by atoms with van der Waals surface area (Å²) in [4.78, 5) is 5.77. The van der Waals surface area contributed by atoms with Crippen molar-refractivity contribution in [2.45, 2.75) is 26.3 Å². The Morgan fingerprint density at radius 1 is 1.38 bits per heavy atom. The highest BCUT2D eigenvalue weighted by molar-refractivity contribution is 7.10. The van der Waals surface area contributed by atoms with Crippen molar-refractivity contribution in [1.29, 1.82) is 0 Å². The van der Waals surface area contributed by atoms with E-state index in [4.69, 9.17) is 5.84 Å². The van der Waals surface area contributed by atoms with Crippen molar-refractivity contribution < 1.29 is 0 Å². The molecule has 1 unspecified atom stereocenters. The van der Waals surface area contributed by atoms with Crippen LogP contribution in [0.25, 0.3) is 0 Å². The van der Waals surface area contributed by atoms with Crippen LogP contribution in [0.2, 0.25) is 0 Å². The van der Waals surface area contributed by atoms with Crippen LogP contribution in [0.3, 0.4) is 0 Å². The van der Waals surface area contributed by atoms with E-state index in [2.05, 4.69) is 34.2 Å². The van der Waals surface area contributed by atoms with Gasteiger partial charge in [-0.25, -0.2) is 4.98 Å². The molecule has 0 bridgehead atoms. The molecule has 2 aromatic rings. The van der Waals surface area contributed by atoms with Crippen molar-refractivity contribution in [2.24, 2.45) is 5.84 Å². The van der Waals surface area contributed by atoms with Crippen LogP contribution < -0.4 is 11.3 Å². The Bertz CT molecular complexity index is 461.